The molecule has 90 valence electrons. The van der Waals surface area contributed by atoms with Crippen molar-refractivity contribution in [3.8, 4) is 0 Å². The van der Waals surface area contributed by atoms with Crippen LogP contribution in [-0.2, 0) is 9.59 Å². The van der Waals surface area contributed by atoms with Crippen LogP contribution in [0.25, 0.3) is 6.08 Å². The number of carbonyl (C=O) groups is 2. The molecule has 1 amide bonds. The number of likely N-dealkylation sites (N-methyl/N-ethyl adjacent to an activating group) is 1. The van der Waals surface area contributed by atoms with Gasteiger partial charge < -0.3 is 10.2 Å². The van der Waals surface area contributed by atoms with E-state index in [9.17, 15) is 9.59 Å². The fourth-order valence-electron chi connectivity index (χ4n) is 1.32. The predicted octanol–water partition coefficient (Wildman–Crippen LogP) is 0.904. The fraction of sp³-hybridized carbons (Fsp3) is 0.231. The topological polar surface area (TPSA) is 49.4 Å². The van der Waals surface area contributed by atoms with Gasteiger partial charge in [-0.15, -0.1) is 0 Å². The third kappa shape index (κ3) is 5.08. The van der Waals surface area contributed by atoms with Gasteiger partial charge in [0, 0.05) is 0 Å². The summed E-state index contributed by atoms with van der Waals surface area (Å²) in [5.74, 6) is -0.204. The SMILES string of the molecule is CN(C)CC(=O)NC(C=O)=Cc1ccccc1. The van der Waals surface area contributed by atoms with Gasteiger partial charge in [0.15, 0.2) is 6.29 Å². The second-order valence-electron chi connectivity index (χ2n) is 3.91. The van der Waals surface area contributed by atoms with Crippen molar-refractivity contribution in [3.63, 3.8) is 0 Å². The number of hydrogen-bond donors (Lipinski definition) is 1. The summed E-state index contributed by atoms with van der Waals surface area (Å²) in [6.07, 6.45) is 2.28. The zero-order valence-electron chi connectivity index (χ0n) is 10.0. The Kier molecular flexibility index (Phi) is 5.10. The molecular weight excluding hydrogens is 216 g/mol. The summed E-state index contributed by atoms with van der Waals surface area (Å²) in [4.78, 5) is 24.0. The Labute approximate surface area is 101 Å². The number of nitrogens with one attached hydrogen (secondary N) is 1. The first kappa shape index (κ1) is 13.1. The maximum atomic E-state index is 11.5. The molecule has 4 heteroatoms. The van der Waals surface area contributed by atoms with Gasteiger partial charge in [0.1, 0.15) is 0 Å². The summed E-state index contributed by atoms with van der Waals surface area (Å²) >= 11 is 0. The first-order chi connectivity index (χ1) is 8.11. The molecule has 1 rings (SSSR count). The van der Waals surface area contributed by atoms with Crippen molar-refractivity contribution in [2.24, 2.45) is 0 Å². The molecule has 1 aromatic rings. The molecule has 0 radical (unpaired) electrons. The largest absolute Gasteiger partial charge is 0.322 e. The van der Waals surface area contributed by atoms with Crippen molar-refractivity contribution in [2.45, 2.75) is 0 Å². The van der Waals surface area contributed by atoms with Gasteiger partial charge in [-0.1, -0.05) is 30.3 Å². The van der Waals surface area contributed by atoms with E-state index in [2.05, 4.69) is 5.32 Å². The van der Waals surface area contributed by atoms with E-state index in [1.54, 1.807) is 25.1 Å². The van der Waals surface area contributed by atoms with Gasteiger partial charge in [0.2, 0.25) is 5.91 Å². The standard InChI is InChI=1S/C13H16N2O2/c1-15(2)9-13(17)14-12(10-16)8-11-6-4-3-5-7-11/h3-8,10H,9H2,1-2H3,(H,14,17). The molecule has 0 aliphatic heterocycles. The number of benzene rings is 1. The molecule has 4 nitrogen and oxygen atoms in total. The minimum Gasteiger partial charge on any atom is -0.322 e. The highest BCUT2D eigenvalue weighted by molar-refractivity contribution is 5.90. The molecule has 0 aromatic heterocycles. The van der Waals surface area contributed by atoms with Crippen LogP contribution in [0.4, 0.5) is 0 Å². The number of nitrogens with zero attached hydrogens (tertiary/aromatic N) is 1. The fourth-order valence-corrected chi connectivity index (χ4v) is 1.32. The molecule has 17 heavy (non-hydrogen) atoms. The van der Waals surface area contributed by atoms with Crippen molar-refractivity contribution in [3.05, 3.63) is 41.6 Å². The normalized spacial score (nSPS) is 11.4. The number of aldehydes is 1. The maximum absolute atomic E-state index is 11.5. The third-order valence-electron chi connectivity index (χ3n) is 1.99. The van der Waals surface area contributed by atoms with Crippen LogP contribution in [0.15, 0.2) is 36.0 Å². The molecule has 0 saturated carbocycles. The highest BCUT2D eigenvalue weighted by Gasteiger charge is 2.04. The molecule has 0 spiro atoms. The summed E-state index contributed by atoms with van der Waals surface area (Å²) < 4.78 is 0. The molecule has 0 aliphatic rings. The minimum absolute atomic E-state index is 0.204. The van der Waals surface area contributed by atoms with E-state index in [4.69, 9.17) is 0 Å². The Morgan fingerprint density at radius 1 is 1.29 bits per heavy atom. The first-order valence-electron chi connectivity index (χ1n) is 5.28. The molecular formula is C13H16N2O2. The molecule has 0 atom stereocenters. The number of allylic oxidation sites excluding steroid dienone is 1. The Hall–Kier alpha value is -1.94. The molecule has 1 aromatic carbocycles. The summed E-state index contributed by atoms with van der Waals surface area (Å²) in [6, 6.07) is 9.36. The van der Waals surface area contributed by atoms with Crippen LogP contribution >= 0.6 is 0 Å². The highest BCUT2D eigenvalue weighted by atomic mass is 16.2. The molecule has 1 N–H and O–H groups in total. The van der Waals surface area contributed by atoms with Crippen LogP contribution < -0.4 is 5.32 Å². The van der Waals surface area contributed by atoms with E-state index in [0.29, 0.717) is 6.29 Å². The van der Waals surface area contributed by atoms with Crippen molar-refractivity contribution in [2.75, 3.05) is 20.6 Å². The zero-order valence-corrected chi connectivity index (χ0v) is 10.0. The third-order valence-corrected chi connectivity index (χ3v) is 1.99. The molecule has 0 unspecified atom stereocenters. The Morgan fingerprint density at radius 2 is 1.94 bits per heavy atom. The zero-order chi connectivity index (χ0) is 12.7. The molecule has 0 heterocycles. The highest BCUT2D eigenvalue weighted by Crippen LogP contribution is 2.03. The average molecular weight is 232 g/mol. The lowest BCUT2D eigenvalue weighted by Gasteiger charge is -2.09. The minimum atomic E-state index is -0.204. The molecule has 0 fully saturated rings. The van der Waals surface area contributed by atoms with E-state index in [1.165, 1.54) is 0 Å². The monoisotopic (exact) mass is 232 g/mol. The van der Waals surface area contributed by atoms with E-state index >= 15 is 0 Å². The van der Waals surface area contributed by atoms with Crippen LogP contribution in [0.5, 0.6) is 0 Å². The lowest BCUT2D eigenvalue weighted by Crippen LogP contribution is -2.33. The van der Waals surface area contributed by atoms with Gasteiger partial charge in [0.25, 0.3) is 0 Å². The summed E-state index contributed by atoms with van der Waals surface area (Å²) in [5, 5.41) is 2.56. The van der Waals surface area contributed by atoms with Crippen LogP contribution in [0.2, 0.25) is 0 Å². The summed E-state index contributed by atoms with van der Waals surface area (Å²) in [7, 11) is 3.59. The van der Waals surface area contributed by atoms with Gasteiger partial charge in [-0.2, -0.15) is 0 Å². The summed E-state index contributed by atoms with van der Waals surface area (Å²) in [5.41, 5.74) is 1.14. The van der Waals surface area contributed by atoms with Crippen molar-refractivity contribution < 1.29 is 9.59 Å². The molecule has 0 aliphatic carbocycles. The van der Waals surface area contributed by atoms with Crippen LogP contribution in [0.3, 0.4) is 0 Å². The number of hydrogen-bond acceptors (Lipinski definition) is 3. The van der Waals surface area contributed by atoms with Gasteiger partial charge in [0.05, 0.1) is 12.2 Å². The lowest BCUT2D eigenvalue weighted by molar-refractivity contribution is -0.121. The van der Waals surface area contributed by atoms with E-state index in [0.717, 1.165) is 5.56 Å². The van der Waals surface area contributed by atoms with Gasteiger partial charge in [-0.05, 0) is 25.7 Å². The molecule has 0 saturated heterocycles. The second kappa shape index (κ2) is 6.60. The maximum Gasteiger partial charge on any atom is 0.238 e. The smallest absolute Gasteiger partial charge is 0.238 e. The van der Waals surface area contributed by atoms with Crippen LogP contribution in [-0.4, -0.2) is 37.7 Å². The van der Waals surface area contributed by atoms with Gasteiger partial charge in [-0.25, -0.2) is 0 Å². The Balaban J connectivity index is 2.69. The van der Waals surface area contributed by atoms with E-state index < -0.39 is 0 Å². The number of rotatable bonds is 5. The van der Waals surface area contributed by atoms with Gasteiger partial charge in [-0.3, -0.25) is 9.59 Å². The van der Waals surface area contributed by atoms with E-state index in [-0.39, 0.29) is 18.1 Å². The average Bonchev–Trinajstić information content (AvgIpc) is 2.28. The Morgan fingerprint density at radius 3 is 2.47 bits per heavy atom. The summed E-state index contributed by atoms with van der Waals surface area (Å²) in [6.45, 7) is 0.250. The van der Waals surface area contributed by atoms with Crippen molar-refractivity contribution in [1.82, 2.24) is 10.2 Å². The quantitative estimate of drug-likeness (QED) is 0.606. The number of amides is 1. The van der Waals surface area contributed by atoms with Crippen molar-refractivity contribution >= 4 is 18.3 Å². The van der Waals surface area contributed by atoms with Crippen LogP contribution in [0.1, 0.15) is 5.56 Å². The van der Waals surface area contributed by atoms with Crippen molar-refractivity contribution in [1.29, 1.82) is 0 Å². The second-order valence-corrected chi connectivity index (χ2v) is 3.91. The number of carbonyl (C=O) groups excluding carboxylic acids is 2. The predicted molar refractivity (Wildman–Crippen MR) is 67.2 cm³/mol. The van der Waals surface area contributed by atoms with Gasteiger partial charge >= 0.3 is 0 Å². The first-order valence-corrected chi connectivity index (χ1v) is 5.28. The lowest BCUT2D eigenvalue weighted by atomic mass is 10.2. The molecule has 0 bridgehead atoms. The van der Waals surface area contributed by atoms with E-state index in [1.807, 2.05) is 30.3 Å². The Bertz CT molecular complexity index is 411. The van der Waals surface area contributed by atoms with Crippen LogP contribution in [0, 0.1) is 0 Å².